The maximum atomic E-state index is 12.1. The van der Waals surface area contributed by atoms with Crippen LogP contribution in [0.25, 0.3) is 0 Å². The van der Waals surface area contributed by atoms with Crippen molar-refractivity contribution in [1.82, 2.24) is 5.06 Å². The SMILES string of the molecule is NC1=NCCCC1C(=O)ON1C(=O)c2ccccc2C1=O. The number of amidine groups is 1. The number of imide groups is 1. The molecular weight excluding hydrogens is 274 g/mol. The number of nitrogens with two attached hydrogens (primary N) is 1. The van der Waals surface area contributed by atoms with Gasteiger partial charge in [-0.15, -0.1) is 0 Å². The lowest BCUT2D eigenvalue weighted by Crippen LogP contribution is -2.40. The van der Waals surface area contributed by atoms with Crippen molar-refractivity contribution in [3.05, 3.63) is 35.4 Å². The second kappa shape index (κ2) is 5.01. The molecular formula is C14H13N3O4. The highest BCUT2D eigenvalue weighted by molar-refractivity contribution is 6.21. The Hall–Kier alpha value is -2.70. The van der Waals surface area contributed by atoms with Crippen molar-refractivity contribution in [3.8, 4) is 0 Å². The van der Waals surface area contributed by atoms with Crippen LogP contribution >= 0.6 is 0 Å². The Balaban J connectivity index is 1.79. The quantitative estimate of drug-likeness (QED) is 0.798. The van der Waals surface area contributed by atoms with Crippen molar-refractivity contribution >= 4 is 23.6 Å². The second-order valence-corrected chi connectivity index (χ2v) is 4.86. The average molecular weight is 287 g/mol. The van der Waals surface area contributed by atoms with Crippen LogP contribution in [-0.4, -0.2) is 35.2 Å². The first-order chi connectivity index (χ1) is 10.1. The number of amides is 2. The summed E-state index contributed by atoms with van der Waals surface area (Å²) in [6.07, 6.45) is 1.21. The van der Waals surface area contributed by atoms with E-state index in [1.165, 1.54) is 12.1 Å². The Labute approximate surface area is 120 Å². The van der Waals surface area contributed by atoms with E-state index in [1.54, 1.807) is 12.1 Å². The van der Waals surface area contributed by atoms with Crippen molar-refractivity contribution < 1.29 is 19.2 Å². The smallest absolute Gasteiger partial charge is 0.343 e. The van der Waals surface area contributed by atoms with Crippen LogP contribution in [0.1, 0.15) is 33.6 Å². The first kappa shape index (κ1) is 13.3. The number of carbonyl (C=O) groups is 3. The average Bonchev–Trinajstić information content (AvgIpc) is 2.73. The monoisotopic (exact) mass is 287 g/mol. The van der Waals surface area contributed by atoms with Gasteiger partial charge in [0.1, 0.15) is 11.8 Å². The predicted molar refractivity (Wildman–Crippen MR) is 72.2 cm³/mol. The summed E-state index contributed by atoms with van der Waals surface area (Å²) in [7, 11) is 0. The first-order valence-electron chi connectivity index (χ1n) is 6.59. The lowest BCUT2D eigenvalue weighted by Gasteiger charge is -2.20. The molecule has 2 amide bonds. The van der Waals surface area contributed by atoms with E-state index in [9.17, 15) is 14.4 Å². The number of hydroxylamine groups is 2. The molecule has 1 unspecified atom stereocenters. The van der Waals surface area contributed by atoms with Gasteiger partial charge in [-0.2, -0.15) is 0 Å². The van der Waals surface area contributed by atoms with Crippen molar-refractivity contribution in [2.24, 2.45) is 16.6 Å². The zero-order valence-electron chi connectivity index (χ0n) is 11.1. The standard InChI is InChI=1S/C14H13N3O4/c15-11-10(6-3-7-16-11)14(20)21-17-12(18)8-4-1-2-5-9(8)13(17)19/h1-2,4-5,10H,3,6-7H2,(H2,15,16). The summed E-state index contributed by atoms with van der Waals surface area (Å²) in [5.41, 5.74) is 6.11. The molecule has 0 fully saturated rings. The molecule has 2 aliphatic rings. The first-order valence-corrected chi connectivity index (χ1v) is 6.59. The number of rotatable bonds is 2. The molecule has 7 heteroatoms. The second-order valence-electron chi connectivity index (χ2n) is 4.86. The zero-order valence-corrected chi connectivity index (χ0v) is 11.1. The highest BCUT2D eigenvalue weighted by atomic mass is 16.7. The molecule has 0 aromatic heterocycles. The minimum atomic E-state index is -0.731. The van der Waals surface area contributed by atoms with E-state index in [1.807, 2.05) is 0 Å². The van der Waals surface area contributed by atoms with E-state index in [0.717, 1.165) is 0 Å². The van der Waals surface area contributed by atoms with Crippen molar-refractivity contribution in [3.63, 3.8) is 0 Å². The van der Waals surface area contributed by atoms with E-state index >= 15 is 0 Å². The number of benzene rings is 1. The number of aliphatic imine (C=N–C) groups is 1. The van der Waals surface area contributed by atoms with Gasteiger partial charge in [-0.25, -0.2) is 4.79 Å². The van der Waals surface area contributed by atoms with E-state index in [-0.39, 0.29) is 17.0 Å². The minimum Gasteiger partial charge on any atom is -0.387 e. The summed E-state index contributed by atoms with van der Waals surface area (Å²) in [5, 5.41) is 0.495. The highest BCUT2D eigenvalue weighted by Gasteiger charge is 2.40. The fraction of sp³-hybridized carbons (Fsp3) is 0.286. The van der Waals surface area contributed by atoms with Gasteiger partial charge in [-0.05, 0) is 25.0 Å². The van der Waals surface area contributed by atoms with Crippen LogP contribution in [0.2, 0.25) is 0 Å². The molecule has 1 aromatic carbocycles. The third-order valence-electron chi connectivity index (χ3n) is 3.52. The van der Waals surface area contributed by atoms with Crippen LogP contribution in [-0.2, 0) is 9.63 Å². The van der Waals surface area contributed by atoms with Crippen molar-refractivity contribution in [2.45, 2.75) is 12.8 Å². The largest absolute Gasteiger partial charge is 0.387 e. The maximum Gasteiger partial charge on any atom is 0.343 e. The van der Waals surface area contributed by atoms with Crippen LogP contribution in [0.15, 0.2) is 29.3 Å². The molecule has 108 valence electrons. The normalized spacial score (nSPS) is 21.0. The Morgan fingerprint density at radius 3 is 2.43 bits per heavy atom. The van der Waals surface area contributed by atoms with Crippen molar-refractivity contribution in [1.29, 1.82) is 0 Å². The van der Waals surface area contributed by atoms with Crippen LogP contribution < -0.4 is 5.73 Å². The Bertz CT molecular complexity index is 633. The summed E-state index contributed by atoms with van der Waals surface area (Å²) in [6, 6.07) is 6.31. The van der Waals surface area contributed by atoms with Crippen LogP contribution in [0, 0.1) is 5.92 Å². The molecule has 3 rings (SSSR count). The van der Waals surface area contributed by atoms with Crippen molar-refractivity contribution in [2.75, 3.05) is 6.54 Å². The molecule has 1 atom stereocenters. The Morgan fingerprint density at radius 1 is 1.24 bits per heavy atom. The molecule has 0 bridgehead atoms. The van der Waals surface area contributed by atoms with E-state index in [4.69, 9.17) is 10.6 Å². The van der Waals surface area contributed by atoms with Crippen LogP contribution in [0.3, 0.4) is 0 Å². The van der Waals surface area contributed by atoms with Gasteiger partial charge in [0.15, 0.2) is 0 Å². The van der Waals surface area contributed by atoms with Gasteiger partial charge in [-0.3, -0.25) is 14.6 Å². The molecule has 1 aromatic rings. The van der Waals surface area contributed by atoms with E-state index in [2.05, 4.69) is 4.99 Å². The molecule has 2 N–H and O–H groups in total. The van der Waals surface area contributed by atoms with Gasteiger partial charge in [0.05, 0.1) is 11.1 Å². The fourth-order valence-electron chi connectivity index (χ4n) is 2.40. The topological polar surface area (TPSA) is 102 Å². The van der Waals surface area contributed by atoms with Gasteiger partial charge in [0.25, 0.3) is 11.8 Å². The predicted octanol–water partition coefficient (Wildman–Crippen LogP) is 0.508. The lowest BCUT2D eigenvalue weighted by molar-refractivity contribution is -0.171. The fourth-order valence-corrected chi connectivity index (χ4v) is 2.40. The summed E-state index contributed by atoms with van der Waals surface area (Å²) >= 11 is 0. The summed E-state index contributed by atoms with van der Waals surface area (Å²) in [4.78, 5) is 45.2. The highest BCUT2D eigenvalue weighted by Crippen LogP contribution is 2.24. The third kappa shape index (κ3) is 2.16. The number of carbonyl (C=O) groups excluding carboxylic acids is 3. The van der Waals surface area contributed by atoms with Gasteiger partial charge >= 0.3 is 5.97 Å². The van der Waals surface area contributed by atoms with Crippen LogP contribution in [0.5, 0.6) is 0 Å². The Morgan fingerprint density at radius 2 is 1.86 bits per heavy atom. The zero-order chi connectivity index (χ0) is 15.0. The molecule has 0 radical (unpaired) electrons. The maximum absolute atomic E-state index is 12.1. The molecule has 0 aliphatic carbocycles. The molecule has 0 spiro atoms. The van der Waals surface area contributed by atoms with E-state index < -0.39 is 23.7 Å². The number of hydrogen-bond donors (Lipinski definition) is 1. The molecule has 0 saturated carbocycles. The minimum absolute atomic E-state index is 0.183. The van der Waals surface area contributed by atoms with Gasteiger partial charge in [-0.1, -0.05) is 17.2 Å². The van der Waals surface area contributed by atoms with Crippen LogP contribution in [0.4, 0.5) is 0 Å². The molecule has 2 heterocycles. The number of nitrogens with zero attached hydrogens (tertiary/aromatic N) is 2. The molecule has 21 heavy (non-hydrogen) atoms. The molecule has 7 nitrogen and oxygen atoms in total. The molecule has 0 saturated heterocycles. The lowest BCUT2D eigenvalue weighted by atomic mass is 10.00. The molecule has 2 aliphatic heterocycles. The summed E-state index contributed by atoms with van der Waals surface area (Å²) < 4.78 is 0. The van der Waals surface area contributed by atoms with Gasteiger partial charge in [0, 0.05) is 6.54 Å². The summed E-state index contributed by atoms with van der Waals surface area (Å²) in [6.45, 7) is 0.572. The number of fused-ring (bicyclic) bond motifs is 1. The third-order valence-corrected chi connectivity index (χ3v) is 3.52. The Kier molecular flexibility index (Phi) is 3.17. The van der Waals surface area contributed by atoms with E-state index in [0.29, 0.717) is 24.4 Å². The summed E-state index contributed by atoms with van der Waals surface area (Å²) in [5.74, 6) is -2.54. The number of hydrogen-bond acceptors (Lipinski definition) is 6. The van der Waals surface area contributed by atoms with Gasteiger partial charge in [0.2, 0.25) is 0 Å². The van der Waals surface area contributed by atoms with Gasteiger partial charge < -0.3 is 10.6 Å².